The van der Waals surface area contributed by atoms with Gasteiger partial charge in [0.15, 0.2) is 4.77 Å². The van der Waals surface area contributed by atoms with Crippen LogP contribution in [0.15, 0.2) is 6.20 Å². The van der Waals surface area contributed by atoms with Gasteiger partial charge < -0.3 is 14.7 Å². The van der Waals surface area contributed by atoms with Crippen LogP contribution in [0.3, 0.4) is 0 Å². The third-order valence-corrected chi connectivity index (χ3v) is 2.38. The van der Waals surface area contributed by atoms with E-state index in [1.807, 2.05) is 19.0 Å². The number of H-pyrrole nitrogens is 2. The summed E-state index contributed by atoms with van der Waals surface area (Å²) in [7, 11) is 5.06. The summed E-state index contributed by atoms with van der Waals surface area (Å²) >= 11 is 4.90. The normalized spacial score (nSPS) is 12.8. The largest absolute Gasteiger partial charge is 0.468 e. The summed E-state index contributed by atoms with van der Waals surface area (Å²) in [4.78, 5) is 19.1. The standard InChI is InChI=1S/C9H15N3O2S/c1-12(2)7(8(13)14-3)4-6-5-10-9(15)11-6/h5,7H,4H2,1-3H3,(H2,10,11,15)/t7-/m0/s1. The van der Waals surface area contributed by atoms with Crippen LogP contribution in [0.5, 0.6) is 0 Å². The molecule has 0 unspecified atom stereocenters. The van der Waals surface area contributed by atoms with Crippen LogP contribution in [0.4, 0.5) is 0 Å². The number of carbonyl (C=O) groups is 1. The topological polar surface area (TPSA) is 61.1 Å². The number of hydrogen-bond donors (Lipinski definition) is 2. The van der Waals surface area contributed by atoms with Gasteiger partial charge in [-0.2, -0.15) is 0 Å². The molecule has 1 atom stereocenters. The average molecular weight is 229 g/mol. The number of imidazole rings is 1. The Labute approximate surface area is 93.4 Å². The fraction of sp³-hybridized carbons (Fsp3) is 0.556. The molecule has 0 saturated heterocycles. The zero-order chi connectivity index (χ0) is 11.4. The van der Waals surface area contributed by atoms with Crippen molar-refractivity contribution in [2.24, 2.45) is 0 Å². The minimum atomic E-state index is -0.295. The lowest BCUT2D eigenvalue weighted by molar-refractivity contribution is -0.145. The zero-order valence-electron chi connectivity index (χ0n) is 9.03. The molecule has 0 amide bonds. The van der Waals surface area contributed by atoms with E-state index in [1.165, 1.54) is 7.11 Å². The maximum absolute atomic E-state index is 11.5. The Morgan fingerprint density at radius 2 is 2.33 bits per heavy atom. The first-order valence-corrected chi connectivity index (χ1v) is 4.96. The fourth-order valence-corrected chi connectivity index (χ4v) is 1.49. The second kappa shape index (κ2) is 5.09. The Balaban J connectivity index is 2.75. The molecule has 1 aromatic rings. The lowest BCUT2D eigenvalue weighted by Crippen LogP contribution is -2.38. The van der Waals surface area contributed by atoms with Crippen LogP contribution in [0.25, 0.3) is 0 Å². The van der Waals surface area contributed by atoms with Crippen molar-refractivity contribution < 1.29 is 9.53 Å². The number of esters is 1. The summed E-state index contributed by atoms with van der Waals surface area (Å²) < 4.78 is 5.28. The molecule has 15 heavy (non-hydrogen) atoms. The maximum atomic E-state index is 11.5. The van der Waals surface area contributed by atoms with Gasteiger partial charge in [0.25, 0.3) is 0 Å². The number of aromatic amines is 2. The van der Waals surface area contributed by atoms with Gasteiger partial charge in [-0.15, -0.1) is 0 Å². The van der Waals surface area contributed by atoms with Crippen LogP contribution < -0.4 is 0 Å². The molecule has 0 bridgehead atoms. The summed E-state index contributed by atoms with van der Waals surface area (Å²) in [5, 5.41) is 0. The van der Waals surface area contributed by atoms with Gasteiger partial charge in [0.05, 0.1) is 7.11 Å². The second-order valence-electron chi connectivity index (χ2n) is 3.47. The van der Waals surface area contributed by atoms with Crippen LogP contribution in [0, 0.1) is 4.77 Å². The van der Waals surface area contributed by atoms with E-state index in [2.05, 4.69) is 9.97 Å². The van der Waals surface area contributed by atoms with Gasteiger partial charge in [0, 0.05) is 18.3 Å². The molecule has 0 aliphatic rings. The second-order valence-corrected chi connectivity index (χ2v) is 3.88. The van der Waals surface area contributed by atoms with Crippen molar-refractivity contribution in [2.45, 2.75) is 12.5 Å². The monoisotopic (exact) mass is 229 g/mol. The Morgan fingerprint density at radius 1 is 1.67 bits per heavy atom. The lowest BCUT2D eigenvalue weighted by atomic mass is 10.1. The molecule has 5 nitrogen and oxygen atoms in total. The average Bonchev–Trinajstić information content (AvgIpc) is 2.59. The van der Waals surface area contributed by atoms with E-state index >= 15 is 0 Å². The molecule has 0 fully saturated rings. The number of nitrogens with one attached hydrogen (secondary N) is 2. The van der Waals surface area contributed by atoms with Gasteiger partial charge in [-0.3, -0.25) is 9.69 Å². The summed E-state index contributed by atoms with van der Waals surface area (Å²) in [6.45, 7) is 0. The summed E-state index contributed by atoms with van der Waals surface area (Å²) in [5.41, 5.74) is 0.893. The minimum Gasteiger partial charge on any atom is -0.468 e. The fourth-order valence-electron chi connectivity index (χ4n) is 1.30. The number of carbonyl (C=O) groups excluding carboxylic acids is 1. The lowest BCUT2D eigenvalue weighted by Gasteiger charge is -2.20. The van der Waals surface area contributed by atoms with Gasteiger partial charge in [0.1, 0.15) is 6.04 Å². The van der Waals surface area contributed by atoms with Gasteiger partial charge in [0.2, 0.25) is 0 Å². The van der Waals surface area contributed by atoms with Crippen LogP contribution in [0.1, 0.15) is 5.69 Å². The predicted octanol–water partition coefficient (Wildman–Crippen LogP) is 0.718. The Hall–Kier alpha value is -1.14. The van der Waals surface area contributed by atoms with E-state index in [9.17, 15) is 4.79 Å². The highest BCUT2D eigenvalue weighted by atomic mass is 32.1. The highest BCUT2D eigenvalue weighted by molar-refractivity contribution is 7.71. The van der Waals surface area contributed by atoms with Gasteiger partial charge in [-0.05, 0) is 26.3 Å². The van der Waals surface area contributed by atoms with E-state index in [4.69, 9.17) is 17.0 Å². The summed E-state index contributed by atoms with van der Waals surface area (Å²) in [6, 6.07) is -0.295. The summed E-state index contributed by atoms with van der Waals surface area (Å²) in [5.74, 6) is -0.250. The number of ether oxygens (including phenoxy) is 1. The third kappa shape index (κ3) is 3.17. The molecule has 0 aliphatic carbocycles. The molecule has 2 N–H and O–H groups in total. The van der Waals surface area contributed by atoms with E-state index in [-0.39, 0.29) is 12.0 Å². The Bertz CT molecular complexity index is 383. The van der Waals surface area contributed by atoms with E-state index in [0.717, 1.165) is 5.69 Å². The first-order chi connectivity index (χ1) is 7.04. The smallest absolute Gasteiger partial charge is 0.323 e. The van der Waals surface area contributed by atoms with Crippen molar-refractivity contribution in [3.05, 3.63) is 16.7 Å². The van der Waals surface area contributed by atoms with Crippen molar-refractivity contribution in [1.82, 2.24) is 14.9 Å². The molecule has 1 rings (SSSR count). The Morgan fingerprint density at radius 3 is 2.73 bits per heavy atom. The van der Waals surface area contributed by atoms with E-state index in [1.54, 1.807) is 6.20 Å². The molecule has 1 aromatic heterocycles. The van der Waals surface area contributed by atoms with E-state index < -0.39 is 0 Å². The van der Waals surface area contributed by atoms with Crippen molar-refractivity contribution in [1.29, 1.82) is 0 Å². The van der Waals surface area contributed by atoms with Crippen LogP contribution in [-0.4, -0.2) is 48.1 Å². The first-order valence-electron chi connectivity index (χ1n) is 4.55. The van der Waals surface area contributed by atoms with Crippen molar-refractivity contribution in [3.8, 4) is 0 Å². The molecule has 84 valence electrons. The SMILES string of the molecule is COC(=O)[C@H](Cc1c[nH]c(=S)[nH]1)N(C)C. The Kier molecular flexibility index (Phi) is 4.05. The number of likely N-dealkylation sites (N-methyl/N-ethyl adjacent to an activating group) is 1. The third-order valence-electron chi connectivity index (χ3n) is 2.16. The number of methoxy groups -OCH3 is 1. The number of rotatable bonds is 4. The molecule has 0 saturated carbocycles. The van der Waals surface area contributed by atoms with Crippen molar-refractivity contribution in [3.63, 3.8) is 0 Å². The maximum Gasteiger partial charge on any atom is 0.323 e. The van der Waals surface area contributed by atoms with Crippen LogP contribution >= 0.6 is 12.2 Å². The van der Waals surface area contributed by atoms with Gasteiger partial charge in [-0.1, -0.05) is 0 Å². The molecule has 0 spiro atoms. The zero-order valence-corrected chi connectivity index (χ0v) is 9.85. The number of nitrogens with zero attached hydrogens (tertiary/aromatic N) is 1. The van der Waals surface area contributed by atoms with Crippen LogP contribution in [-0.2, 0) is 16.0 Å². The molecule has 1 heterocycles. The van der Waals surface area contributed by atoms with Gasteiger partial charge in [-0.25, -0.2) is 0 Å². The molecular formula is C9H15N3O2S. The first kappa shape index (κ1) is 11.9. The molecule has 6 heteroatoms. The van der Waals surface area contributed by atoms with E-state index in [0.29, 0.717) is 11.2 Å². The highest BCUT2D eigenvalue weighted by Gasteiger charge is 2.22. The highest BCUT2D eigenvalue weighted by Crippen LogP contribution is 2.05. The minimum absolute atomic E-state index is 0.250. The van der Waals surface area contributed by atoms with Gasteiger partial charge >= 0.3 is 5.97 Å². The molecule has 0 aliphatic heterocycles. The molecular weight excluding hydrogens is 214 g/mol. The molecule has 0 aromatic carbocycles. The predicted molar refractivity (Wildman–Crippen MR) is 59.2 cm³/mol. The van der Waals surface area contributed by atoms with Crippen molar-refractivity contribution in [2.75, 3.05) is 21.2 Å². The van der Waals surface area contributed by atoms with Crippen LogP contribution in [0.2, 0.25) is 0 Å². The van der Waals surface area contributed by atoms with Crippen molar-refractivity contribution >= 4 is 18.2 Å². The summed E-state index contributed by atoms with van der Waals surface area (Å²) in [6.07, 6.45) is 2.31. The molecule has 0 radical (unpaired) electrons. The number of hydrogen-bond acceptors (Lipinski definition) is 4. The number of aromatic nitrogens is 2. The quantitative estimate of drug-likeness (QED) is 0.590.